The Balaban J connectivity index is 2.38. The fourth-order valence-electron chi connectivity index (χ4n) is 1.72. The molecule has 0 bridgehead atoms. The number of carbonyl (C=O) groups is 2. The molecule has 0 atom stereocenters. The maximum absolute atomic E-state index is 11.6. The summed E-state index contributed by atoms with van der Waals surface area (Å²) in [5.41, 5.74) is 0.776. The van der Waals surface area contributed by atoms with Gasteiger partial charge in [0.05, 0.1) is 11.8 Å². The number of aromatic carboxylic acids is 1. The maximum atomic E-state index is 11.6. The van der Waals surface area contributed by atoms with Crippen molar-refractivity contribution >= 4 is 21.9 Å². The molecule has 0 aliphatic heterocycles. The third kappa shape index (κ3) is 6.87. The molecule has 0 aromatic heterocycles. The highest BCUT2D eigenvalue weighted by molar-refractivity contribution is 7.88. The van der Waals surface area contributed by atoms with Crippen molar-refractivity contribution in [2.24, 2.45) is 0 Å². The van der Waals surface area contributed by atoms with Gasteiger partial charge in [-0.2, -0.15) is 0 Å². The Hall–Kier alpha value is -1.93. The molecule has 7 nitrogen and oxygen atoms in total. The van der Waals surface area contributed by atoms with Crippen LogP contribution >= 0.6 is 0 Å². The maximum Gasteiger partial charge on any atom is 0.335 e. The Morgan fingerprint density at radius 3 is 2.48 bits per heavy atom. The van der Waals surface area contributed by atoms with E-state index in [0.29, 0.717) is 12.0 Å². The summed E-state index contributed by atoms with van der Waals surface area (Å²) >= 11 is 0. The second kappa shape index (κ2) is 7.75. The van der Waals surface area contributed by atoms with E-state index in [4.69, 9.17) is 5.11 Å². The summed E-state index contributed by atoms with van der Waals surface area (Å²) < 4.78 is 23.9. The van der Waals surface area contributed by atoms with Crippen molar-refractivity contribution in [3.63, 3.8) is 0 Å². The van der Waals surface area contributed by atoms with Crippen molar-refractivity contribution in [3.8, 4) is 0 Å². The molecule has 0 aliphatic carbocycles. The van der Waals surface area contributed by atoms with Crippen LogP contribution in [0.15, 0.2) is 24.3 Å². The van der Waals surface area contributed by atoms with Crippen LogP contribution in [0.2, 0.25) is 0 Å². The van der Waals surface area contributed by atoms with Crippen LogP contribution in [-0.2, 0) is 21.2 Å². The number of aryl methyl sites for hydroxylation is 1. The molecule has 0 aliphatic rings. The number of carbonyl (C=O) groups excluding carboxylic acids is 1. The SMILES string of the molecule is CS(=O)(=O)NCCNC(=O)CCc1ccccc1C(=O)O. The quantitative estimate of drug-likeness (QED) is 0.584. The Bertz CT molecular complexity index is 613. The fraction of sp³-hybridized carbons (Fsp3) is 0.385. The van der Waals surface area contributed by atoms with Gasteiger partial charge in [0.15, 0.2) is 0 Å². The van der Waals surface area contributed by atoms with Crippen LogP contribution in [0.5, 0.6) is 0 Å². The zero-order valence-electron chi connectivity index (χ0n) is 11.6. The number of benzene rings is 1. The van der Waals surface area contributed by atoms with E-state index in [9.17, 15) is 18.0 Å². The first kappa shape index (κ1) is 17.1. The van der Waals surface area contributed by atoms with Crippen LogP contribution in [0.4, 0.5) is 0 Å². The molecule has 116 valence electrons. The summed E-state index contributed by atoms with van der Waals surface area (Å²) in [6, 6.07) is 6.51. The van der Waals surface area contributed by atoms with E-state index in [1.54, 1.807) is 18.2 Å². The summed E-state index contributed by atoms with van der Waals surface area (Å²) in [6.45, 7) is 0.308. The van der Waals surface area contributed by atoms with Crippen molar-refractivity contribution in [1.82, 2.24) is 10.0 Å². The molecule has 1 aromatic carbocycles. The van der Waals surface area contributed by atoms with Gasteiger partial charge in [-0.1, -0.05) is 18.2 Å². The first-order valence-corrected chi connectivity index (χ1v) is 8.21. The van der Waals surface area contributed by atoms with Crippen LogP contribution in [0, 0.1) is 0 Å². The molecule has 0 fully saturated rings. The second-order valence-corrected chi connectivity index (χ2v) is 6.31. The first-order valence-electron chi connectivity index (χ1n) is 6.32. The van der Waals surface area contributed by atoms with Gasteiger partial charge in [-0.05, 0) is 18.1 Å². The Kier molecular flexibility index (Phi) is 6.32. The van der Waals surface area contributed by atoms with Crippen molar-refractivity contribution < 1.29 is 23.1 Å². The van der Waals surface area contributed by atoms with E-state index < -0.39 is 16.0 Å². The second-order valence-electron chi connectivity index (χ2n) is 4.48. The third-order valence-corrected chi connectivity index (χ3v) is 3.41. The van der Waals surface area contributed by atoms with E-state index in [-0.39, 0.29) is 31.0 Å². The smallest absolute Gasteiger partial charge is 0.335 e. The average molecular weight is 314 g/mol. The lowest BCUT2D eigenvalue weighted by Gasteiger charge is -2.07. The Labute approximate surface area is 123 Å². The minimum Gasteiger partial charge on any atom is -0.478 e. The summed E-state index contributed by atoms with van der Waals surface area (Å²) in [5.74, 6) is -1.28. The van der Waals surface area contributed by atoms with Crippen LogP contribution in [0.1, 0.15) is 22.3 Å². The lowest BCUT2D eigenvalue weighted by Crippen LogP contribution is -2.34. The number of sulfonamides is 1. The zero-order chi connectivity index (χ0) is 15.9. The van der Waals surface area contributed by atoms with Gasteiger partial charge in [-0.15, -0.1) is 0 Å². The van der Waals surface area contributed by atoms with Gasteiger partial charge < -0.3 is 10.4 Å². The molecular formula is C13H18N2O5S. The standard InChI is InChI=1S/C13H18N2O5S/c1-21(19,20)15-9-8-14-12(16)7-6-10-4-2-3-5-11(10)13(17)18/h2-5,15H,6-9H2,1H3,(H,14,16)(H,17,18). The number of amides is 1. The van der Waals surface area contributed by atoms with Gasteiger partial charge in [0, 0.05) is 19.5 Å². The average Bonchev–Trinajstić information content (AvgIpc) is 2.40. The summed E-state index contributed by atoms with van der Waals surface area (Å²) in [7, 11) is -3.26. The van der Waals surface area contributed by atoms with E-state index in [2.05, 4.69) is 10.0 Å². The molecule has 0 radical (unpaired) electrons. The number of carboxylic acids is 1. The molecule has 0 saturated carbocycles. The van der Waals surface area contributed by atoms with Crippen molar-refractivity contribution in [1.29, 1.82) is 0 Å². The van der Waals surface area contributed by atoms with Gasteiger partial charge in [0.25, 0.3) is 0 Å². The van der Waals surface area contributed by atoms with Crippen molar-refractivity contribution in [3.05, 3.63) is 35.4 Å². The molecule has 21 heavy (non-hydrogen) atoms. The molecule has 1 aromatic rings. The molecule has 0 heterocycles. The van der Waals surface area contributed by atoms with Gasteiger partial charge in [-0.3, -0.25) is 4.79 Å². The summed E-state index contributed by atoms with van der Waals surface area (Å²) in [6.07, 6.45) is 1.49. The first-order chi connectivity index (χ1) is 9.79. The van der Waals surface area contributed by atoms with Crippen molar-refractivity contribution in [2.45, 2.75) is 12.8 Å². The highest BCUT2D eigenvalue weighted by Crippen LogP contribution is 2.10. The van der Waals surface area contributed by atoms with Gasteiger partial charge in [0.2, 0.25) is 15.9 Å². The molecular weight excluding hydrogens is 296 g/mol. The highest BCUT2D eigenvalue weighted by atomic mass is 32.2. The van der Waals surface area contributed by atoms with Crippen molar-refractivity contribution in [2.75, 3.05) is 19.3 Å². The Morgan fingerprint density at radius 2 is 1.86 bits per heavy atom. The van der Waals surface area contributed by atoms with E-state index >= 15 is 0 Å². The topological polar surface area (TPSA) is 113 Å². The molecule has 3 N–H and O–H groups in total. The monoisotopic (exact) mass is 314 g/mol. The van der Waals surface area contributed by atoms with Crippen LogP contribution in [0.3, 0.4) is 0 Å². The number of hydrogen-bond donors (Lipinski definition) is 3. The van der Waals surface area contributed by atoms with E-state index in [0.717, 1.165) is 6.26 Å². The third-order valence-electron chi connectivity index (χ3n) is 2.68. The molecule has 1 rings (SSSR count). The van der Waals surface area contributed by atoms with E-state index in [1.165, 1.54) is 6.07 Å². The zero-order valence-corrected chi connectivity index (χ0v) is 12.4. The summed E-state index contributed by atoms with van der Waals surface area (Å²) in [5, 5.41) is 11.6. The van der Waals surface area contributed by atoms with E-state index in [1.807, 2.05) is 0 Å². The molecule has 1 amide bonds. The Morgan fingerprint density at radius 1 is 1.19 bits per heavy atom. The minimum atomic E-state index is -3.26. The molecule has 0 spiro atoms. The highest BCUT2D eigenvalue weighted by Gasteiger charge is 2.10. The number of rotatable bonds is 8. The lowest BCUT2D eigenvalue weighted by atomic mass is 10.0. The number of hydrogen-bond acceptors (Lipinski definition) is 4. The number of nitrogens with one attached hydrogen (secondary N) is 2. The number of carboxylic acid groups (broad SMARTS) is 1. The normalized spacial score (nSPS) is 11.1. The lowest BCUT2D eigenvalue weighted by molar-refractivity contribution is -0.121. The van der Waals surface area contributed by atoms with Crippen LogP contribution in [-0.4, -0.2) is 44.7 Å². The molecule has 0 saturated heterocycles. The van der Waals surface area contributed by atoms with Gasteiger partial charge in [0.1, 0.15) is 0 Å². The van der Waals surface area contributed by atoms with Crippen LogP contribution < -0.4 is 10.0 Å². The van der Waals surface area contributed by atoms with Gasteiger partial charge in [-0.25, -0.2) is 17.9 Å². The predicted molar refractivity (Wildman–Crippen MR) is 77.6 cm³/mol. The van der Waals surface area contributed by atoms with Gasteiger partial charge >= 0.3 is 5.97 Å². The molecule has 8 heteroatoms. The molecule has 0 unspecified atom stereocenters. The van der Waals surface area contributed by atoms with Crippen LogP contribution in [0.25, 0.3) is 0 Å². The predicted octanol–water partition coefficient (Wildman–Crippen LogP) is -0.0172. The fourth-order valence-corrected chi connectivity index (χ4v) is 2.19. The summed E-state index contributed by atoms with van der Waals surface area (Å²) in [4.78, 5) is 22.6. The largest absolute Gasteiger partial charge is 0.478 e. The minimum absolute atomic E-state index is 0.121.